The van der Waals surface area contributed by atoms with Crippen LogP contribution in [0.2, 0.25) is 5.02 Å². The van der Waals surface area contributed by atoms with E-state index in [1.54, 1.807) is 48.5 Å². The molecule has 1 amide bonds. The third-order valence-electron chi connectivity index (χ3n) is 6.78. The maximum atomic E-state index is 12.7. The number of benzene rings is 2. The third kappa shape index (κ3) is 10.9. The molecule has 246 valence electrons. The maximum Gasteiger partial charge on any atom is 0.233 e. The summed E-state index contributed by atoms with van der Waals surface area (Å²) in [5.74, 6) is 1.25. The highest BCUT2D eigenvalue weighted by atomic mass is 35.5. The van der Waals surface area contributed by atoms with Gasteiger partial charge in [-0.2, -0.15) is 15.0 Å². The number of piperidine rings is 2. The van der Waals surface area contributed by atoms with E-state index < -0.39 is 0 Å². The summed E-state index contributed by atoms with van der Waals surface area (Å²) in [5, 5.41) is 6.51. The first-order chi connectivity index (χ1) is 18.5. The fraction of sp³-hybridized carbons (Fsp3) is 0.393. The highest BCUT2D eigenvalue weighted by molar-refractivity contribution is 6.31. The predicted octanol–water partition coefficient (Wildman–Crippen LogP) is 7.51. The Balaban J connectivity index is -0.000000653. The molecule has 2 fully saturated rings. The predicted molar refractivity (Wildman–Crippen MR) is 187 cm³/mol. The molecule has 3 aromatic rings. The number of Topliss-reactive ketones (excluding diaryl/α,β-unsaturated/α-hetero) is 1. The highest BCUT2D eigenvalue weighted by Crippen LogP contribution is 2.24. The molecule has 0 atom stereocenters. The topological polar surface area (TPSA) is 243 Å². The van der Waals surface area contributed by atoms with Gasteiger partial charge in [-0.05, 0) is 81.0 Å². The molecule has 13 nitrogen and oxygen atoms in total. The van der Waals surface area contributed by atoms with Gasteiger partial charge in [0.05, 0.1) is 6.42 Å². The molecule has 43 heavy (non-hydrogen) atoms. The Morgan fingerprint density at radius 1 is 0.744 bits per heavy atom. The normalized spacial score (nSPS) is 13.9. The lowest BCUT2D eigenvalue weighted by molar-refractivity contribution is -0.115. The number of hydrogen-bond acceptors (Lipinski definition) is 12. The molecule has 2 aliphatic heterocycles. The fourth-order valence-electron chi connectivity index (χ4n) is 4.77. The second-order valence-electron chi connectivity index (χ2n) is 9.72. The average Bonchev–Trinajstić information content (AvgIpc) is 2.94. The van der Waals surface area contributed by atoms with E-state index in [2.05, 4.69) is 20.4 Å². The van der Waals surface area contributed by atoms with Crippen LogP contribution in [0, 0.1) is 0 Å². The molecule has 2 aromatic carbocycles. The summed E-state index contributed by atoms with van der Waals surface area (Å²) in [5.41, 5.74) is 1.76. The van der Waals surface area contributed by atoms with Crippen LogP contribution in [-0.4, -0.2) is 52.8 Å². The van der Waals surface area contributed by atoms with Gasteiger partial charge in [-0.15, -0.1) is 12.4 Å². The molecule has 0 spiro atoms. The minimum Gasteiger partial charge on any atom is -0.344 e. The molecule has 0 aliphatic carbocycles. The first-order valence-electron chi connectivity index (χ1n) is 13.3. The van der Waals surface area contributed by atoms with Gasteiger partial charge in [-0.1, -0.05) is 17.7 Å². The number of amides is 1. The van der Waals surface area contributed by atoms with E-state index in [1.807, 2.05) is 0 Å². The van der Waals surface area contributed by atoms with Crippen LogP contribution in [0.25, 0.3) is 0 Å². The van der Waals surface area contributed by atoms with Crippen molar-refractivity contribution in [3.63, 3.8) is 0 Å². The minimum absolute atomic E-state index is 0. The second kappa shape index (κ2) is 18.8. The Kier molecular flexibility index (Phi) is 17.3. The van der Waals surface area contributed by atoms with Gasteiger partial charge in [0.1, 0.15) is 0 Å². The molecular weight excluding hydrogens is 593 g/mol. The van der Waals surface area contributed by atoms with Crippen LogP contribution in [0.15, 0.2) is 48.5 Å². The number of nitrogens with zero attached hydrogens (tertiary/aromatic N) is 5. The van der Waals surface area contributed by atoms with E-state index >= 15 is 0 Å². The molecule has 0 bridgehead atoms. The van der Waals surface area contributed by atoms with Crippen molar-refractivity contribution < 1.29 is 15.3 Å². The Morgan fingerprint density at radius 3 is 1.79 bits per heavy atom. The molecule has 15 heteroatoms. The third-order valence-corrected chi connectivity index (χ3v) is 7.02. The first kappa shape index (κ1) is 39.4. The number of nitrogens with one attached hydrogen (secondary N) is 2. The number of aromatic nitrogens is 3. The van der Waals surface area contributed by atoms with Crippen molar-refractivity contribution in [1.29, 1.82) is 0 Å². The number of carbonyl (C=O) groups is 2. The molecule has 0 unspecified atom stereocenters. The molecular formula is C28H53Cl2N11O2. The fourth-order valence-corrected chi connectivity index (χ4v) is 4.96. The molecule has 2 aliphatic rings. The largest absolute Gasteiger partial charge is 0.344 e. The van der Waals surface area contributed by atoms with Crippen molar-refractivity contribution in [3.05, 3.63) is 59.1 Å². The number of hydrogen-bond donors (Lipinski definition) is 6. The van der Waals surface area contributed by atoms with Crippen LogP contribution >= 0.6 is 24.0 Å². The van der Waals surface area contributed by atoms with Gasteiger partial charge in [0.25, 0.3) is 0 Å². The zero-order valence-corrected chi connectivity index (χ0v) is 26.1. The van der Waals surface area contributed by atoms with Crippen molar-refractivity contribution >= 4 is 64.9 Å². The minimum atomic E-state index is -0.389. The molecule has 0 saturated carbocycles. The van der Waals surface area contributed by atoms with E-state index in [9.17, 15) is 9.59 Å². The van der Waals surface area contributed by atoms with E-state index in [0.717, 1.165) is 57.5 Å². The quantitative estimate of drug-likeness (QED) is 0.103. The number of ketones is 1. The lowest BCUT2D eigenvalue weighted by Crippen LogP contribution is -2.34. The smallest absolute Gasteiger partial charge is 0.233 e. The maximum absolute atomic E-state index is 12.7. The Morgan fingerprint density at radius 2 is 1.28 bits per heavy atom. The SMILES string of the molecule is Cl.N.N.N.N.O=C(CC(=O)c1ccc(Nc2nc(N3CCCCC3)nc(N3CCCCC3)n2)cc1)Nc1cccc(Cl)c1.[HH].[HH].[HH].[HH]. The molecule has 5 rings (SSSR count). The van der Waals surface area contributed by atoms with Crippen LogP contribution in [0.3, 0.4) is 0 Å². The summed E-state index contributed by atoms with van der Waals surface area (Å²) in [6.45, 7) is 3.80. The number of halogens is 2. The summed E-state index contributed by atoms with van der Waals surface area (Å²) < 4.78 is 0. The van der Waals surface area contributed by atoms with Crippen molar-refractivity contribution in [1.82, 2.24) is 39.6 Å². The Labute approximate surface area is 270 Å². The lowest BCUT2D eigenvalue weighted by atomic mass is 10.1. The Bertz CT molecular complexity index is 1270. The summed E-state index contributed by atoms with van der Waals surface area (Å²) in [6, 6.07) is 13.8. The zero-order valence-electron chi connectivity index (χ0n) is 24.6. The lowest BCUT2D eigenvalue weighted by Gasteiger charge is -2.30. The zero-order chi connectivity index (χ0) is 26.3. The monoisotopic (exact) mass is 645 g/mol. The summed E-state index contributed by atoms with van der Waals surface area (Å²) in [7, 11) is 0. The van der Waals surface area contributed by atoms with Crippen LogP contribution in [-0.2, 0) is 4.79 Å². The van der Waals surface area contributed by atoms with E-state index in [-0.39, 0.29) is 60.8 Å². The van der Waals surface area contributed by atoms with Crippen LogP contribution < -0.4 is 45.0 Å². The van der Waals surface area contributed by atoms with Crippen molar-refractivity contribution in [2.24, 2.45) is 0 Å². The number of anilines is 5. The summed E-state index contributed by atoms with van der Waals surface area (Å²) in [6.07, 6.45) is 6.77. The van der Waals surface area contributed by atoms with E-state index in [1.165, 1.54) is 12.8 Å². The van der Waals surface area contributed by atoms with Crippen LogP contribution in [0.4, 0.5) is 29.2 Å². The summed E-state index contributed by atoms with van der Waals surface area (Å²) in [4.78, 5) is 43.7. The first-order valence-corrected chi connectivity index (χ1v) is 13.6. The van der Waals surface area contributed by atoms with Crippen LogP contribution in [0.1, 0.15) is 61.0 Å². The van der Waals surface area contributed by atoms with E-state index in [4.69, 9.17) is 26.6 Å². The standard InChI is InChI=1S/C28H32ClN7O2.ClH.4H3N.4H2/c29-21-8-7-9-23(18-21)30-25(38)19-24(37)20-10-12-22(13-11-20)31-26-32-27(35-14-3-1-4-15-35)34-28(33-26)36-16-5-2-6-17-36;;;;;;;;;/h7-13,18H,1-6,14-17,19H2,(H,30,38)(H,31,32,33,34);1H;4*1H3;4*1H. The average molecular weight is 647 g/mol. The van der Waals surface area contributed by atoms with Crippen molar-refractivity contribution in [2.75, 3.05) is 46.6 Å². The molecule has 0 radical (unpaired) electrons. The van der Waals surface area contributed by atoms with Crippen molar-refractivity contribution in [2.45, 2.75) is 44.9 Å². The number of rotatable bonds is 8. The molecule has 2 saturated heterocycles. The molecule has 14 N–H and O–H groups in total. The highest BCUT2D eigenvalue weighted by Gasteiger charge is 2.20. The van der Waals surface area contributed by atoms with Gasteiger partial charge in [0.15, 0.2) is 5.78 Å². The molecule has 3 heterocycles. The van der Waals surface area contributed by atoms with Gasteiger partial charge in [-0.3, -0.25) is 9.59 Å². The Hall–Kier alpha value is -3.59. The number of carbonyl (C=O) groups excluding carboxylic acids is 2. The van der Waals surface area contributed by atoms with E-state index in [0.29, 0.717) is 34.1 Å². The summed E-state index contributed by atoms with van der Waals surface area (Å²) >= 11 is 5.96. The van der Waals surface area contributed by atoms with Gasteiger partial charge < -0.3 is 45.0 Å². The van der Waals surface area contributed by atoms with Gasteiger partial charge in [-0.25, -0.2) is 0 Å². The van der Waals surface area contributed by atoms with Gasteiger partial charge >= 0.3 is 0 Å². The van der Waals surface area contributed by atoms with Crippen LogP contribution in [0.5, 0.6) is 0 Å². The van der Waals surface area contributed by atoms with Gasteiger partial charge in [0, 0.05) is 53.8 Å². The second-order valence-corrected chi connectivity index (χ2v) is 10.2. The van der Waals surface area contributed by atoms with Crippen molar-refractivity contribution in [3.8, 4) is 0 Å². The van der Waals surface area contributed by atoms with Gasteiger partial charge in [0.2, 0.25) is 23.8 Å². The molecule has 1 aromatic heterocycles.